The van der Waals surface area contributed by atoms with Crippen LogP contribution in [0.2, 0.25) is 10.0 Å². The fraction of sp³-hybridized carbons (Fsp3) is 0.476. The average Bonchev–Trinajstić information content (AvgIpc) is 3.03. The Kier molecular flexibility index (Phi) is 7.30. The van der Waals surface area contributed by atoms with Crippen molar-refractivity contribution in [2.75, 3.05) is 13.1 Å². The molecule has 8 heteroatoms. The van der Waals surface area contributed by atoms with Crippen LogP contribution in [0.1, 0.15) is 27.2 Å². The van der Waals surface area contributed by atoms with Gasteiger partial charge in [-0.2, -0.15) is 0 Å². The van der Waals surface area contributed by atoms with Crippen molar-refractivity contribution in [3.8, 4) is 11.4 Å². The van der Waals surface area contributed by atoms with Crippen molar-refractivity contribution in [1.29, 1.82) is 0 Å². The number of nitrogens with zero attached hydrogens (tertiary/aromatic N) is 4. The Morgan fingerprint density at radius 3 is 2.62 bits per heavy atom. The first-order valence-corrected chi connectivity index (χ1v) is 11.4. The van der Waals surface area contributed by atoms with E-state index in [-0.39, 0.29) is 11.2 Å². The van der Waals surface area contributed by atoms with E-state index in [2.05, 4.69) is 30.6 Å². The zero-order valence-electron chi connectivity index (χ0n) is 16.9. The van der Waals surface area contributed by atoms with Crippen molar-refractivity contribution in [2.45, 2.75) is 44.1 Å². The van der Waals surface area contributed by atoms with Crippen molar-refractivity contribution < 1.29 is 4.79 Å². The summed E-state index contributed by atoms with van der Waals surface area (Å²) in [5.74, 6) is 1.84. The number of halogens is 2. The van der Waals surface area contributed by atoms with E-state index in [0.29, 0.717) is 39.4 Å². The van der Waals surface area contributed by atoms with Crippen LogP contribution in [0.4, 0.5) is 0 Å². The van der Waals surface area contributed by atoms with E-state index in [1.54, 1.807) is 18.2 Å². The zero-order valence-corrected chi connectivity index (χ0v) is 19.3. The maximum absolute atomic E-state index is 13.0. The highest BCUT2D eigenvalue weighted by Gasteiger charge is 2.30. The zero-order chi connectivity index (χ0) is 21.1. The van der Waals surface area contributed by atoms with E-state index in [4.69, 9.17) is 23.2 Å². The molecule has 156 valence electrons. The van der Waals surface area contributed by atoms with Crippen LogP contribution in [-0.2, 0) is 11.3 Å². The summed E-state index contributed by atoms with van der Waals surface area (Å²) in [6.45, 7) is 12.3. The van der Waals surface area contributed by atoms with Gasteiger partial charge in [0.15, 0.2) is 11.0 Å². The standard InChI is InChI=1S/C21H26Cl2N4OS/c1-5-8-27-19(17-7-6-16(22)10-18(17)23)24-25-21(27)29-15(4)20(28)26-11-13(2)9-14(3)12-26/h5-7,10,13-15H,1,8-9,11-12H2,2-4H3/t13-,14+,15-/m0/s1. The highest BCUT2D eigenvalue weighted by Crippen LogP contribution is 2.33. The Hall–Kier alpha value is -1.50. The number of thioether (sulfide) groups is 1. The first kappa shape index (κ1) is 22.2. The summed E-state index contributed by atoms with van der Waals surface area (Å²) in [6, 6.07) is 5.28. The topological polar surface area (TPSA) is 51.0 Å². The molecule has 3 atom stereocenters. The van der Waals surface area contributed by atoms with Gasteiger partial charge in [-0.05, 0) is 43.4 Å². The predicted molar refractivity (Wildman–Crippen MR) is 121 cm³/mol. The SMILES string of the molecule is C=CCn1c(S[C@@H](C)C(=O)N2C[C@H](C)C[C@H](C)C2)nnc1-c1ccc(Cl)cc1Cl. The normalized spacial score (nSPS) is 20.5. The molecule has 1 aliphatic rings. The second-order valence-electron chi connectivity index (χ2n) is 7.78. The van der Waals surface area contributed by atoms with E-state index in [9.17, 15) is 4.79 Å². The number of rotatable bonds is 6. The van der Waals surface area contributed by atoms with Gasteiger partial charge in [0, 0.05) is 30.2 Å². The van der Waals surface area contributed by atoms with Crippen molar-refractivity contribution >= 4 is 40.9 Å². The molecule has 1 amide bonds. The van der Waals surface area contributed by atoms with Gasteiger partial charge < -0.3 is 4.90 Å². The number of hydrogen-bond donors (Lipinski definition) is 0. The van der Waals surface area contributed by atoms with Gasteiger partial charge in [-0.3, -0.25) is 9.36 Å². The molecular weight excluding hydrogens is 427 g/mol. The summed E-state index contributed by atoms with van der Waals surface area (Å²) in [5, 5.41) is 10.2. The molecule has 29 heavy (non-hydrogen) atoms. The Balaban J connectivity index is 1.82. The minimum absolute atomic E-state index is 0.146. The lowest BCUT2D eigenvalue weighted by molar-refractivity contribution is -0.132. The summed E-state index contributed by atoms with van der Waals surface area (Å²) in [4.78, 5) is 15.0. The van der Waals surface area contributed by atoms with Gasteiger partial charge in [0.1, 0.15) is 0 Å². The van der Waals surface area contributed by atoms with E-state index in [1.807, 2.05) is 22.5 Å². The fourth-order valence-corrected chi connectivity index (χ4v) is 5.28. The highest BCUT2D eigenvalue weighted by molar-refractivity contribution is 8.00. The quantitative estimate of drug-likeness (QED) is 0.433. The minimum Gasteiger partial charge on any atom is -0.341 e. The highest BCUT2D eigenvalue weighted by atomic mass is 35.5. The van der Waals surface area contributed by atoms with Crippen molar-refractivity contribution in [3.05, 3.63) is 40.9 Å². The smallest absolute Gasteiger partial charge is 0.235 e. The number of amides is 1. The Morgan fingerprint density at radius 2 is 2.00 bits per heavy atom. The first-order chi connectivity index (χ1) is 13.8. The van der Waals surface area contributed by atoms with Crippen molar-refractivity contribution in [1.82, 2.24) is 19.7 Å². The van der Waals surface area contributed by atoms with Gasteiger partial charge in [0.25, 0.3) is 0 Å². The van der Waals surface area contributed by atoms with Crippen molar-refractivity contribution in [2.24, 2.45) is 11.8 Å². The molecule has 5 nitrogen and oxygen atoms in total. The van der Waals surface area contributed by atoms with Gasteiger partial charge in [0.05, 0.1) is 10.3 Å². The number of benzene rings is 1. The van der Waals surface area contributed by atoms with Crippen LogP contribution in [0.5, 0.6) is 0 Å². The molecule has 2 heterocycles. The number of aromatic nitrogens is 3. The van der Waals surface area contributed by atoms with Crippen LogP contribution in [0, 0.1) is 11.8 Å². The second-order valence-corrected chi connectivity index (χ2v) is 9.93. The third-order valence-electron chi connectivity index (χ3n) is 5.01. The number of hydrogen-bond acceptors (Lipinski definition) is 4. The molecule has 0 spiro atoms. The molecule has 0 radical (unpaired) electrons. The molecule has 1 aromatic heterocycles. The van der Waals surface area contributed by atoms with Crippen LogP contribution >= 0.6 is 35.0 Å². The van der Waals surface area contributed by atoms with Gasteiger partial charge in [-0.15, -0.1) is 16.8 Å². The number of carbonyl (C=O) groups is 1. The number of allylic oxidation sites excluding steroid dienone is 1. The summed E-state index contributed by atoms with van der Waals surface area (Å²) >= 11 is 13.8. The monoisotopic (exact) mass is 452 g/mol. The molecule has 0 N–H and O–H groups in total. The molecule has 0 aliphatic carbocycles. The van der Waals surface area contributed by atoms with Crippen LogP contribution in [-0.4, -0.2) is 43.9 Å². The van der Waals surface area contributed by atoms with E-state index >= 15 is 0 Å². The third kappa shape index (κ3) is 5.16. The van der Waals surface area contributed by atoms with Crippen LogP contribution in [0.3, 0.4) is 0 Å². The van der Waals surface area contributed by atoms with Crippen molar-refractivity contribution in [3.63, 3.8) is 0 Å². The molecule has 2 aromatic rings. The average molecular weight is 453 g/mol. The minimum atomic E-state index is -0.256. The maximum Gasteiger partial charge on any atom is 0.235 e. The summed E-state index contributed by atoms with van der Waals surface area (Å²) in [5.41, 5.74) is 0.745. The Labute approximate surface area is 186 Å². The van der Waals surface area contributed by atoms with Crippen LogP contribution in [0.15, 0.2) is 36.0 Å². The van der Waals surface area contributed by atoms with E-state index < -0.39 is 0 Å². The number of piperidine rings is 1. The lowest BCUT2D eigenvalue weighted by Crippen LogP contribution is -2.45. The molecule has 0 saturated carbocycles. The predicted octanol–water partition coefficient (Wildman–Crippen LogP) is 5.42. The molecule has 1 fully saturated rings. The molecular formula is C21H26Cl2N4OS. The second kappa shape index (κ2) is 9.54. The van der Waals surface area contributed by atoms with Crippen LogP contribution in [0.25, 0.3) is 11.4 Å². The van der Waals surface area contributed by atoms with Crippen LogP contribution < -0.4 is 0 Å². The van der Waals surface area contributed by atoms with Gasteiger partial charge in [-0.25, -0.2) is 0 Å². The number of carbonyl (C=O) groups excluding carboxylic acids is 1. The summed E-state index contributed by atoms with van der Waals surface area (Å²) in [6.07, 6.45) is 2.95. The number of likely N-dealkylation sites (tertiary alicyclic amines) is 1. The van der Waals surface area contributed by atoms with Gasteiger partial charge in [0.2, 0.25) is 5.91 Å². The van der Waals surface area contributed by atoms with Gasteiger partial charge in [-0.1, -0.05) is 54.9 Å². The molecule has 0 bridgehead atoms. The molecule has 3 rings (SSSR count). The lowest BCUT2D eigenvalue weighted by atomic mass is 9.92. The Morgan fingerprint density at radius 1 is 1.31 bits per heavy atom. The first-order valence-electron chi connectivity index (χ1n) is 9.75. The lowest BCUT2D eigenvalue weighted by Gasteiger charge is -2.36. The van der Waals surface area contributed by atoms with Gasteiger partial charge >= 0.3 is 0 Å². The summed E-state index contributed by atoms with van der Waals surface area (Å²) < 4.78 is 1.93. The molecule has 0 unspecified atom stereocenters. The Bertz CT molecular complexity index is 891. The van der Waals surface area contributed by atoms with E-state index in [0.717, 1.165) is 18.7 Å². The van der Waals surface area contributed by atoms with E-state index in [1.165, 1.54) is 18.2 Å². The fourth-order valence-electron chi connectivity index (χ4n) is 3.85. The maximum atomic E-state index is 13.0. The summed E-state index contributed by atoms with van der Waals surface area (Å²) in [7, 11) is 0. The third-order valence-corrected chi connectivity index (χ3v) is 6.63. The molecule has 1 aliphatic heterocycles. The molecule has 1 aromatic carbocycles. The molecule has 1 saturated heterocycles. The largest absolute Gasteiger partial charge is 0.341 e.